The van der Waals surface area contributed by atoms with Gasteiger partial charge >= 0.3 is 12.2 Å². The molecule has 2 aromatic rings. The molecule has 0 aliphatic carbocycles. The third-order valence-electron chi connectivity index (χ3n) is 3.00. The Balaban J connectivity index is 2.37. The van der Waals surface area contributed by atoms with E-state index in [1.165, 1.54) is 0 Å². The molecule has 0 spiro atoms. The normalized spacial score (nSPS) is 11.9. The number of benzene rings is 1. The summed E-state index contributed by atoms with van der Waals surface area (Å²) in [6.07, 6.45) is -3.54. The van der Waals surface area contributed by atoms with Gasteiger partial charge in [0.25, 0.3) is 10.0 Å². The molecule has 0 saturated heterocycles. The highest BCUT2D eigenvalue weighted by Gasteiger charge is 2.32. The quantitative estimate of drug-likeness (QED) is 0.780. The predicted octanol–water partition coefficient (Wildman–Crippen LogP) is 3.09. The zero-order valence-electron chi connectivity index (χ0n) is 13.9. The molecule has 0 amide bonds. The molecule has 1 heterocycles. The van der Waals surface area contributed by atoms with Crippen molar-refractivity contribution >= 4 is 15.7 Å². The van der Waals surface area contributed by atoms with E-state index in [0.29, 0.717) is 12.7 Å². The van der Waals surface area contributed by atoms with Crippen molar-refractivity contribution in [2.24, 2.45) is 0 Å². The molecule has 0 aliphatic heterocycles. The van der Waals surface area contributed by atoms with Gasteiger partial charge in [0.1, 0.15) is 5.69 Å². The highest BCUT2D eigenvalue weighted by molar-refractivity contribution is 7.92. The van der Waals surface area contributed by atoms with Gasteiger partial charge in [0.05, 0.1) is 29.9 Å². The molecule has 0 radical (unpaired) electrons. The first-order valence-corrected chi connectivity index (χ1v) is 8.98. The summed E-state index contributed by atoms with van der Waals surface area (Å²) in [5, 5.41) is 0. The van der Waals surface area contributed by atoms with Gasteiger partial charge < -0.3 is 9.47 Å². The maximum Gasteiger partial charge on any atom is 0.416 e. The number of rotatable bonds is 7. The van der Waals surface area contributed by atoms with E-state index in [1.54, 1.807) is 13.8 Å². The van der Waals surface area contributed by atoms with Crippen molar-refractivity contribution in [1.29, 1.82) is 0 Å². The molecule has 1 aromatic heterocycles. The lowest BCUT2D eigenvalue weighted by molar-refractivity contribution is -0.137. The van der Waals surface area contributed by atoms with Crippen LogP contribution in [0.2, 0.25) is 0 Å². The van der Waals surface area contributed by atoms with Crippen LogP contribution < -0.4 is 14.2 Å². The third-order valence-corrected chi connectivity index (χ3v) is 4.37. The Labute approximate surface area is 148 Å². The van der Waals surface area contributed by atoms with Crippen LogP contribution in [0.15, 0.2) is 35.4 Å². The largest absolute Gasteiger partial charge is 0.476 e. The Morgan fingerprint density at radius 3 is 2.46 bits per heavy atom. The number of nitrogens with one attached hydrogen (secondary N) is 1. The van der Waals surface area contributed by atoms with Crippen LogP contribution in [0.25, 0.3) is 0 Å². The molecule has 11 heteroatoms. The molecule has 1 N–H and O–H groups in total. The van der Waals surface area contributed by atoms with E-state index >= 15 is 0 Å². The summed E-state index contributed by atoms with van der Waals surface area (Å²) in [5.41, 5.74) is -1.19. The molecular formula is C15H16F3N3O4S. The lowest BCUT2D eigenvalue weighted by Gasteiger charge is -2.13. The van der Waals surface area contributed by atoms with Crippen LogP contribution in [-0.4, -0.2) is 31.6 Å². The standard InChI is InChI=1S/C15H16F3N3O4S/c1-3-24-13-12(9-19-14(20-13)25-4-2)21-26(22,23)11-7-5-6-10(8-11)15(16,17)18/h5-9,21H,3-4H2,1-2H3. The average Bonchev–Trinajstić information content (AvgIpc) is 2.57. The Kier molecular flexibility index (Phi) is 5.90. The van der Waals surface area contributed by atoms with E-state index in [0.717, 1.165) is 24.4 Å². The first-order chi connectivity index (χ1) is 12.2. The van der Waals surface area contributed by atoms with Crippen LogP contribution in [0.4, 0.5) is 18.9 Å². The van der Waals surface area contributed by atoms with Gasteiger partial charge in [-0.3, -0.25) is 4.72 Å². The second-order valence-corrected chi connectivity index (χ2v) is 6.55. The topological polar surface area (TPSA) is 90.4 Å². The maximum atomic E-state index is 12.8. The SMILES string of the molecule is CCOc1ncc(NS(=O)(=O)c2cccc(C(F)(F)F)c2)c(OCC)n1. The summed E-state index contributed by atoms with van der Waals surface area (Å²) in [7, 11) is -4.31. The lowest BCUT2D eigenvalue weighted by Crippen LogP contribution is -2.16. The molecule has 0 aliphatic rings. The minimum absolute atomic E-state index is 0.0158. The monoisotopic (exact) mass is 391 g/mol. The molecule has 0 fully saturated rings. The molecule has 0 saturated carbocycles. The van der Waals surface area contributed by atoms with Gasteiger partial charge in [-0.1, -0.05) is 6.07 Å². The van der Waals surface area contributed by atoms with E-state index in [1.807, 2.05) is 0 Å². The van der Waals surface area contributed by atoms with E-state index in [9.17, 15) is 21.6 Å². The van der Waals surface area contributed by atoms with E-state index in [2.05, 4.69) is 14.7 Å². The fourth-order valence-electron chi connectivity index (χ4n) is 1.91. The van der Waals surface area contributed by atoms with Gasteiger partial charge in [0.2, 0.25) is 5.88 Å². The number of nitrogens with zero attached hydrogens (tertiary/aromatic N) is 2. The van der Waals surface area contributed by atoms with E-state index in [-0.39, 0.29) is 24.2 Å². The van der Waals surface area contributed by atoms with E-state index in [4.69, 9.17) is 9.47 Å². The van der Waals surface area contributed by atoms with Crippen LogP contribution in [0.1, 0.15) is 19.4 Å². The van der Waals surface area contributed by atoms with Crippen molar-refractivity contribution in [2.75, 3.05) is 17.9 Å². The van der Waals surface area contributed by atoms with Crippen molar-refractivity contribution in [3.05, 3.63) is 36.0 Å². The smallest absolute Gasteiger partial charge is 0.416 e. The minimum atomic E-state index is -4.66. The summed E-state index contributed by atoms with van der Waals surface area (Å²) >= 11 is 0. The fraction of sp³-hybridized carbons (Fsp3) is 0.333. The van der Waals surface area contributed by atoms with Gasteiger partial charge in [-0.25, -0.2) is 13.4 Å². The van der Waals surface area contributed by atoms with Crippen LogP contribution in [0.5, 0.6) is 11.9 Å². The molecule has 0 bridgehead atoms. The van der Waals surface area contributed by atoms with Gasteiger partial charge in [0, 0.05) is 0 Å². The molecule has 2 rings (SSSR count). The highest BCUT2D eigenvalue weighted by atomic mass is 32.2. The molecule has 0 unspecified atom stereocenters. The number of hydrogen-bond donors (Lipinski definition) is 1. The van der Waals surface area contributed by atoms with Crippen LogP contribution in [-0.2, 0) is 16.2 Å². The second kappa shape index (κ2) is 7.77. The zero-order chi connectivity index (χ0) is 19.4. The average molecular weight is 391 g/mol. The zero-order valence-corrected chi connectivity index (χ0v) is 14.7. The summed E-state index contributed by atoms with van der Waals surface area (Å²) in [6, 6.07) is 3.36. The van der Waals surface area contributed by atoms with Gasteiger partial charge in [-0.2, -0.15) is 18.2 Å². The molecule has 0 atom stereocenters. The first-order valence-electron chi connectivity index (χ1n) is 7.50. The highest BCUT2D eigenvalue weighted by Crippen LogP contribution is 2.31. The van der Waals surface area contributed by atoms with Crippen LogP contribution in [0.3, 0.4) is 0 Å². The fourth-order valence-corrected chi connectivity index (χ4v) is 3.00. The maximum absolute atomic E-state index is 12.8. The van der Waals surface area contributed by atoms with Crippen molar-refractivity contribution in [3.8, 4) is 11.9 Å². The number of aromatic nitrogens is 2. The number of ether oxygens (including phenoxy) is 2. The molecule has 142 valence electrons. The Hall–Kier alpha value is -2.56. The van der Waals surface area contributed by atoms with Crippen molar-refractivity contribution in [3.63, 3.8) is 0 Å². The van der Waals surface area contributed by atoms with Crippen molar-refractivity contribution in [2.45, 2.75) is 24.9 Å². The second-order valence-electron chi connectivity index (χ2n) is 4.87. The summed E-state index contributed by atoms with van der Waals surface area (Å²) < 4.78 is 75.7. The van der Waals surface area contributed by atoms with Crippen molar-refractivity contribution in [1.82, 2.24) is 9.97 Å². The van der Waals surface area contributed by atoms with Crippen molar-refractivity contribution < 1.29 is 31.1 Å². The predicted molar refractivity (Wildman–Crippen MR) is 86.6 cm³/mol. The Morgan fingerprint density at radius 1 is 1.15 bits per heavy atom. The van der Waals surface area contributed by atoms with Crippen LogP contribution in [0, 0.1) is 0 Å². The van der Waals surface area contributed by atoms with Crippen LogP contribution >= 0.6 is 0 Å². The Bertz CT molecular complexity index is 873. The lowest BCUT2D eigenvalue weighted by atomic mass is 10.2. The minimum Gasteiger partial charge on any atom is -0.476 e. The molecular weight excluding hydrogens is 375 g/mol. The van der Waals surface area contributed by atoms with Gasteiger partial charge in [0.15, 0.2) is 0 Å². The summed E-state index contributed by atoms with van der Waals surface area (Å²) in [6.45, 7) is 3.85. The van der Waals surface area contributed by atoms with Gasteiger partial charge in [-0.15, -0.1) is 0 Å². The number of anilines is 1. The molecule has 1 aromatic carbocycles. The third kappa shape index (κ3) is 4.75. The summed E-state index contributed by atoms with van der Waals surface area (Å²) in [5.74, 6) is -0.0958. The summed E-state index contributed by atoms with van der Waals surface area (Å²) in [4.78, 5) is 7.20. The number of sulfonamides is 1. The van der Waals surface area contributed by atoms with Gasteiger partial charge in [-0.05, 0) is 32.0 Å². The number of halogens is 3. The first kappa shape index (κ1) is 19.8. The molecule has 26 heavy (non-hydrogen) atoms. The van der Waals surface area contributed by atoms with E-state index < -0.39 is 26.7 Å². The molecule has 7 nitrogen and oxygen atoms in total. The number of hydrogen-bond acceptors (Lipinski definition) is 6. The Morgan fingerprint density at radius 2 is 1.85 bits per heavy atom. The number of alkyl halides is 3.